The van der Waals surface area contributed by atoms with E-state index in [0.717, 1.165) is 36.9 Å². The van der Waals surface area contributed by atoms with Gasteiger partial charge in [-0.1, -0.05) is 38.2 Å². The Morgan fingerprint density at radius 3 is 2.73 bits per heavy atom. The molecule has 5 N–H and O–H groups in total. The zero-order valence-electron chi connectivity index (χ0n) is 18.0. The first-order valence-corrected chi connectivity index (χ1v) is 11.5. The van der Waals surface area contributed by atoms with E-state index in [1.54, 1.807) is 6.07 Å². The van der Waals surface area contributed by atoms with Gasteiger partial charge in [-0.15, -0.1) is 0 Å². The van der Waals surface area contributed by atoms with Crippen molar-refractivity contribution in [2.75, 3.05) is 12.3 Å². The quantitative estimate of drug-likeness (QED) is 0.662. The number of likely N-dealkylation sites (tertiary alicyclic amines) is 1. The lowest BCUT2D eigenvalue weighted by molar-refractivity contribution is -0.145. The molecule has 7 nitrogen and oxygen atoms in total. The van der Waals surface area contributed by atoms with Gasteiger partial charge in [-0.3, -0.25) is 9.59 Å². The number of piperidine rings is 1. The third kappa shape index (κ3) is 4.04. The highest BCUT2D eigenvalue weighted by atomic mass is 16.2. The number of fused-ring (bicyclic) bond motifs is 1. The van der Waals surface area contributed by atoms with Crippen molar-refractivity contribution in [2.24, 2.45) is 17.6 Å². The third-order valence-corrected chi connectivity index (χ3v) is 7.43. The van der Waals surface area contributed by atoms with Gasteiger partial charge in [0.05, 0.1) is 6.04 Å². The number of nitrogens with zero attached hydrogens (tertiary/aromatic N) is 2. The molecule has 0 aromatic carbocycles. The molecule has 3 atom stereocenters. The number of nitrogens with one attached hydrogen (secondary N) is 1. The molecule has 3 unspecified atom stereocenters. The van der Waals surface area contributed by atoms with Gasteiger partial charge in [-0.2, -0.15) is 0 Å². The number of carbonyl (C=O) groups excluding carboxylic acids is 2. The number of anilines is 1. The molecule has 3 aliphatic rings. The van der Waals surface area contributed by atoms with Crippen molar-refractivity contribution in [1.82, 2.24) is 15.2 Å². The molecule has 164 valence electrons. The van der Waals surface area contributed by atoms with Crippen LogP contribution in [0.4, 0.5) is 5.82 Å². The Bertz CT molecular complexity index is 807. The normalized spacial score (nSPS) is 27.3. The largest absolute Gasteiger partial charge is 0.384 e. The Labute approximate surface area is 179 Å². The predicted octanol–water partition coefficient (Wildman–Crippen LogP) is 2.27. The van der Waals surface area contributed by atoms with Crippen molar-refractivity contribution in [3.63, 3.8) is 0 Å². The monoisotopic (exact) mass is 413 g/mol. The maximum atomic E-state index is 13.3. The summed E-state index contributed by atoms with van der Waals surface area (Å²) in [5, 5.41) is 3.06. The van der Waals surface area contributed by atoms with Crippen molar-refractivity contribution in [3.8, 4) is 0 Å². The minimum Gasteiger partial charge on any atom is -0.384 e. The van der Waals surface area contributed by atoms with Gasteiger partial charge < -0.3 is 21.7 Å². The summed E-state index contributed by atoms with van der Waals surface area (Å²) in [6, 6.07) is 3.14. The Balaban J connectivity index is 1.41. The van der Waals surface area contributed by atoms with E-state index in [2.05, 4.69) is 10.3 Å². The number of carbonyl (C=O) groups is 2. The summed E-state index contributed by atoms with van der Waals surface area (Å²) in [6.07, 6.45) is 9.55. The highest BCUT2D eigenvalue weighted by Crippen LogP contribution is 2.54. The fourth-order valence-electron chi connectivity index (χ4n) is 5.60. The van der Waals surface area contributed by atoms with Gasteiger partial charge in [-0.25, -0.2) is 4.98 Å². The highest BCUT2D eigenvalue weighted by molar-refractivity contribution is 5.96. The first-order chi connectivity index (χ1) is 14.4. The molecule has 2 saturated carbocycles. The molecule has 2 heterocycles. The van der Waals surface area contributed by atoms with Crippen molar-refractivity contribution >= 4 is 17.6 Å². The molecule has 2 aliphatic carbocycles. The number of rotatable bonds is 6. The van der Waals surface area contributed by atoms with Crippen LogP contribution in [0.15, 0.2) is 12.1 Å². The Hall–Kier alpha value is -2.15. The van der Waals surface area contributed by atoms with Gasteiger partial charge in [0.1, 0.15) is 11.4 Å². The van der Waals surface area contributed by atoms with E-state index in [1.165, 1.54) is 32.1 Å². The van der Waals surface area contributed by atoms with Gasteiger partial charge in [0.2, 0.25) is 11.8 Å². The Kier molecular flexibility index (Phi) is 6.00. The summed E-state index contributed by atoms with van der Waals surface area (Å²) in [5.74, 6) is 1.18. The average Bonchev–Trinajstić information content (AvgIpc) is 3.49. The van der Waals surface area contributed by atoms with E-state index in [0.29, 0.717) is 24.8 Å². The number of amides is 2. The molecule has 1 aromatic heterocycles. The SMILES string of the molecule is Cc1nc(N)ccc1CNC(=O)C12CC1CCCN2C(=O)C(N)CC1CCCCC1. The summed E-state index contributed by atoms with van der Waals surface area (Å²) in [4.78, 5) is 32.6. The van der Waals surface area contributed by atoms with Crippen LogP contribution in [-0.2, 0) is 16.1 Å². The molecule has 1 saturated heterocycles. The second-order valence-electron chi connectivity index (χ2n) is 9.47. The lowest BCUT2D eigenvalue weighted by Gasteiger charge is -2.37. The van der Waals surface area contributed by atoms with Gasteiger partial charge >= 0.3 is 0 Å². The fraction of sp³-hybridized carbons (Fsp3) is 0.696. The van der Waals surface area contributed by atoms with E-state index in [4.69, 9.17) is 11.5 Å². The number of pyridine rings is 1. The van der Waals surface area contributed by atoms with E-state index < -0.39 is 11.6 Å². The van der Waals surface area contributed by atoms with Gasteiger partial charge in [0.25, 0.3) is 0 Å². The van der Waals surface area contributed by atoms with Crippen LogP contribution in [0.25, 0.3) is 0 Å². The van der Waals surface area contributed by atoms with E-state index in [9.17, 15) is 9.59 Å². The molecular formula is C23H35N5O2. The van der Waals surface area contributed by atoms with Gasteiger partial charge in [0, 0.05) is 18.8 Å². The summed E-state index contributed by atoms with van der Waals surface area (Å²) < 4.78 is 0. The van der Waals surface area contributed by atoms with Crippen LogP contribution in [0.3, 0.4) is 0 Å². The lowest BCUT2D eigenvalue weighted by atomic mass is 9.84. The van der Waals surface area contributed by atoms with Gasteiger partial charge in [-0.05, 0) is 56.1 Å². The van der Waals surface area contributed by atoms with Crippen LogP contribution >= 0.6 is 0 Å². The second kappa shape index (κ2) is 8.53. The molecule has 3 fully saturated rings. The second-order valence-corrected chi connectivity index (χ2v) is 9.47. The van der Waals surface area contributed by atoms with Crippen LogP contribution in [-0.4, -0.2) is 39.8 Å². The topological polar surface area (TPSA) is 114 Å². The van der Waals surface area contributed by atoms with Crippen molar-refractivity contribution < 1.29 is 9.59 Å². The standard InChI is InChI=1S/C23H35N5O2/c1-15-17(9-10-20(25)27-15)14-26-22(30)23-13-18(23)8-5-11-28(23)21(29)19(24)12-16-6-3-2-4-7-16/h9-10,16,18-19H,2-8,11-14,24H2,1H3,(H2,25,27)(H,26,30). The molecule has 1 aliphatic heterocycles. The molecule has 0 bridgehead atoms. The van der Waals surface area contributed by atoms with Crippen LogP contribution in [0.5, 0.6) is 0 Å². The van der Waals surface area contributed by atoms with Crippen molar-refractivity contribution in [2.45, 2.75) is 82.8 Å². The zero-order valence-corrected chi connectivity index (χ0v) is 18.0. The van der Waals surface area contributed by atoms with Crippen LogP contribution < -0.4 is 16.8 Å². The molecule has 2 amide bonds. The van der Waals surface area contributed by atoms with Crippen LogP contribution in [0, 0.1) is 18.8 Å². The number of aromatic nitrogens is 1. The van der Waals surface area contributed by atoms with E-state index >= 15 is 0 Å². The van der Waals surface area contributed by atoms with E-state index in [1.807, 2.05) is 17.9 Å². The Morgan fingerprint density at radius 2 is 2.00 bits per heavy atom. The first-order valence-electron chi connectivity index (χ1n) is 11.5. The van der Waals surface area contributed by atoms with Crippen LogP contribution in [0.1, 0.15) is 69.0 Å². The number of aryl methyl sites for hydroxylation is 1. The third-order valence-electron chi connectivity index (χ3n) is 7.43. The summed E-state index contributed by atoms with van der Waals surface area (Å²) in [5.41, 5.74) is 13.1. The number of hydrogen-bond donors (Lipinski definition) is 3. The number of nitrogens with two attached hydrogens (primary N) is 2. The average molecular weight is 414 g/mol. The Morgan fingerprint density at radius 1 is 1.23 bits per heavy atom. The van der Waals surface area contributed by atoms with Crippen LogP contribution in [0.2, 0.25) is 0 Å². The maximum Gasteiger partial charge on any atom is 0.246 e. The summed E-state index contributed by atoms with van der Waals surface area (Å²) in [6.45, 7) is 2.91. The molecular weight excluding hydrogens is 378 g/mol. The lowest BCUT2D eigenvalue weighted by Crippen LogP contribution is -2.58. The minimum absolute atomic E-state index is 0.0387. The highest BCUT2D eigenvalue weighted by Gasteiger charge is 2.66. The zero-order chi connectivity index (χ0) is 21.3. The molecule has 7 heteroatoms. The molecule has 1 aromatic rings. The number of hydrogen-bond acceptors (Lipinski definition) is 5. The smallest absolute Gasteiger partial charge is 0.246 e. The molecule has 0 radical (unpaired) electrons. The van der Waals surface area contributed by atoms with Gasteiger partial charge in [0.15, 0.2) is 0 Å². The number of nitrogen functional groups attached to an aromatic ring is 1. The van der Waals surface area contributed by atoms with Crippen molar-refractivity contribution in [3.05, 3.63) is 23.4 Å². The fourth-order valence-corrected chi connectivity index (χ4v) is 5.60. The first kappa shape index (κ1) is 21.1. The molecule has 0 spiro atoms. The maximum absolute atomic E-state index is 13.3. The summed E-state index contributed by atoms with van der Waals surface area (Å²) >= 11 is 0. The predicted molar refractivity (Wildman–Crippen MR) is 116 cm³/mol. The minimum atomic E-state index is -0.700. The molecule has 30 heavy (non-hydrogen) atoms. The summed E-state index contributed by atoms with van der Waals surface area (Å²) in [7, 11) is 0. The van der Waals surface area contributed by atoms with Crippen molar-refractivity contribution in [1.29, 1.82) is 0 Å². The van der Waals surface area contributed by atoms with E-state index in [-0.39, 0.29) is 17.7 Å². The molecule has 4 rings (SSSR count).